The van der Waals surface area contributed by atoms with Crippen LogP contribution in [0.2, 0.25) is 0 Å². The number of hydrogen-bond donors (Lipinski definition) is 0. The van der Waals surface area contributed by atoms with Crippen molar-refractivity contribution in [2.24, 2.45) is 0 Å². The van der Waals surface area contributed by atoms with Crippen molar-refractivity contribution in [3.8, 4) is 0 Å². The Balaban J connectivity index is 2.15. The van der Waals surface area contributed by atoms with E-state index in [1.54, 1.807) is 0 Å². The number of carbonyl (C=O) groups excluding carboxylic acids is 1. The molecule has 0 bridgehead atoms. The summed E-state index contributed by atoms with van der Waals surface area (Å²) in [6.07, 6.45) is 7.74. The molecule has 1 aromatic rings. The summed E-state index contributed by atoms with van der Waals surface area (Å²) >= 11 is 5.40. The summed E-state index contributed by atoms with van der Waals surface area (Å²) in [5, 5.41) is 0. The van der Waals surface area contributed by atoms with Crippen LogP contribution in [0.1, 0.15) is 65.4 Å². The van der Waals surface area contributed by atoms with Crippen LogP contribution in [0.4, 0.5) is 5.69 Å². The van der Waals surface area contributed by atoms with Crippen LogP contribution >= 0.6 is 12.2 Å². The quantitative estimate of drug-likeness (QED) is 0.490. The molecule has 1 aromatic carbocycles. The number of nitrogens with zero attached hydrogens (tertiary/aromatic N) is 2. The van der Waals surface area contributed by atoms with Crippen LogP contribution < -0.4 is 4.90 Å². The molecular formula is C22H32N2OS. The molecule has 0 aliphatic heterocycles. The summed E-state index contributed by atoms with van der Waals surface area (Å²) < 4.78 is 0. The first-order chi connectivity index (χ1) is 12.5. The minimum Gasteiger partial charge on any atom is -0.372 e. The van der Waals surface area contributed by atoms with Gasteiger partial charge in [0.25, 0.3) is 5.91 Å². The van der Waals surface area contributed by atoms with Gasteiger partial charge in [-0.15, -0.1) is 0 Å². The fourth-order valence-electron chi connectivity index (χ4n) is 3.78. The predicted octanol–water partition coefficient (Wildman–Crippen LogP) is 5.44. The van der Waals surface area contributed by atoms with E-state index in [0.29, 0.717) is 4.99 Å². The van der Waals surface area contributed by atoms with Gasteiger partial charge in [0.1, 0.15) is 0 Å². The molecule has 0 atom stereocenters. The van der Waals surface area contributed by atoms with Crippen LogP contribution in [0.25, 0.3) is 6.08 Å². The fraction of sp³-hybridized carbons (Fsp3) is 0.545. The molecule has 1 aliphatic carbocycles. The molecule has 0 aromatic heterocycles. The third-order valence-electron chi connectivity index (χ3n) is 5.24. The topological polar surface area (TPSA) is 23.6 Å². The second-order valence-electron chi connectivity index (χ2n) is 7.08. The first-order valence-electron chi connectivity index (χ1n) is 9.85. The van der Waals surface area contributed by atoms with Gasteiger partial charge in [-0.3, -0.25) is 9.69 Å². The Labute approximate surface area is 164 Å². The summed E-state index contributed by atoms with van der Waals surface area (Å²) in [5.74, 6) is 0.0530. The van der Waals surface area contributed by atoms with E-state index in [4.69, 9.17) is 12.2 Å². The average molecular weight is 373 g/mol. The molecule has 0 unspecified atom stereocenters. The van der Waals surface area contributed by atoms with Gasteiger partial charge in [0.05, 0.1) is 4.99 Å². The number of rotatable bonds is 6. The fourth-order valence-corrected chi connectivity index (χ4v) is 4.01. The van der Waals surface area contributed by atoms with Crippen LogP contribution in [0, 0.1) is 0 Å². The average Bonchev–Trinajstić information content (AvgIpc) is 2.64. The molecule has 0 heterocycles. The van der Waals surface area contributed by atoms with Crippen LogP contribution in [-0.2, 0) is 4.79 Å². The van der Waals surface area contributed by atoms with Crippen molar-refractivity contribution in [2.75, 3.05) is 18.0 Å². The molecule has 2 rings (SSSR count). The van der Waals surface area contributed by atoms with Crippen LogP contribution in [0.15, 0.2) is 29.8 Å². The van der Waals surface area contributed by atoms with Crippen molar-refractivity contribution in [3.63, 3.8) is 0 Å². The van der Waals surface area contributed by atoms with Crippen molar-refractivity contribution in [1.29, 1.82) is 0 Å². The number of amides is 1. The maximum absolute atomic E-state index is 13.0. The Hall–Kier alpha value is -1.68. The zero-order valence-electron chi connectivity index (χ0n) is 16.6. The van der Waals surface area contributed by atoms with Gasteiger partial charge in [0.15, 0.2) is 0 Å². The van der Waals surface area contributed by atoms with E-state index in [-0.39, 0.29) is 11.9 Å². The van der Waals surface area contributed by atoms with Crippen molar-refractivity contribution in [1.82, 2.24) is 4.90 Å². The molecular weight excluding hydrogens is 340 g/mol. The highest BCUT2D eigenvalue weighted by atomic mass is 32.1. The number of thiocarbonyl (C=S) groups is 1. The lowest BCUT2D eigenvalue weighted by atomic mass is 9.93. The summed E-state index contributed by atoms with van der Waals surface area (Å²) in [6, 6.07) is 8.68. The Bertz CT molecular complexity index is 641. The van der Waals surface area contributed by atoms with E-state index >= 15 is 0 Å². The van der Waals surface area contributed by atoms with Crippen molar-refractivity contribution < 1.29 is 4.79 Å². The lowest BCUT2D eigenvalue weighted by Gasteiger charge is -2.34. The summed E-state index contributed by atoms with van der Waals surface area (Å²) in [5.41, 5.74) is 3.02. The van der Waals surface area contributed by atoms with Crippen LogP contribution in [0.3, 0.4) is 0 Å². The molecule has 3 nitrogen and oxygen atoms in total. The zero-order valence-corrected chi connectivity index (χ0v) is 17.4. The second-order valence-corrected chi connectivity index (χ2v) is 7.67. The van der Waals surface area contributed by atoms with E-state index in [9.17, 15) is 4.79 Å². The molecule has 1 saturated carbocycles. The lowest BCUT2D eigenvalue weighted by molar-refractivity contribution is -0.125. The van der Waals surface area contributed by atoms with Crippen LogP contribution in [-0.4, -0.2) is 34.9 Å². The second kappa shape index (κ2) is 9.86. The highest BCUT2D eigenvalue weighted by Gasteiger charge is 2.27. The van der Waals surface area contributed by atoms with Gasteiger partial charge in [-0.1, -0.05) is 43.6 Å². The van der Waals surface area contributed by atoms with Gasteiger partial charge in [-0.2, -0.15) is 0 Å². The first kappa shape index (κ1) is 20.6. The van der Waals surface area contributed by atoms with E-state index in [1.165, 1.54) is 24.9 Å². The van der Waals surface area contributed by atoms with Crippen LogP contribution in [0.5, 0.6) is 0 Å². The molecule has 0 radical (unpaired) electrons. The molecule has 0 spiro atoms. The molecule has 26 heavy (non-hydrogen) atoms. The molecule has 4 heteroatoms. The molecule has 0 N–H and O–H groups in total. The molecule has 1 amide bonds. The van der Waals surface area contributed by atoms with E-state index < -0.39 is 0 Å². The number of anilines is 1. The standard InChI is InChI=1S/C22H32N2OS/c1-5-23(6-2)20-14-12-19(13-15-20)16-17(3)22(25)24(18(4)26)21-10-8-7-9-11-21/h12-16,21H,5-11H2,1-4H3/b17-16-. The van der Waals surface area contributed by atoms with E-state index in [2.05, 4.69) is 43.0 Å². The monoisotopic (exact) mass is 372 g/mol. The molecule has 142 valence electrons. The van der Waals surface area contributed by atoms with Gasteiger partial charge < -0.3 is 4.90 Å². The minimum atomic E-state index is 0.0530. The maximum atomic E-state index is 13.0. The Morgan fingerprint density at radius 2 is 1.65 bits per heavy atom. The molecule has 0 saturated heterocycles. The summed E-state index contributed by atoms with van der Waals surface area (Å²) in [7, 11) is 0. The highest BCUT2D eigenvalue weighted by Crippen LogP contribution is 2.25. The van der Waals surface area contributed by atoms with E-state index in [0.717, 1.165) is 37.1 Å². The SMILES string of the molecule is CCN(CC)c1ccc(/C=C(/C)C(=O)N(C(C)=S)C2CCCCC2)cc1. The van der Waals surface area contributed by atoms with Gasteiger partial charge in [0, 0.05) is 30.4 Å². The normalized spacial score (nSPS) is 15.6. The minimum absolute atomic E-state index is 0.0530. The largest absolute Gasteiger partial charge is 0.372 e. The maximum Gasteiger partial charge on any atom is 0.254 e. The third kappa shape index (κ3) is 5.16. The number of hydrogen-bond acceptors (Lipinski definition) is 3. The van der Waals surface area contributed by atoms with E-state index in [1.807, 2.05) is 24.8 Å². The van der Waals surface area contributed by atoms with Crippen molar-refractivity contribution in [2.45, 2.75) is 65.8 Å². The highest BCUT2D eigenvalue weighted by molar-refractivity contribution is 7.80. The van der Waals surface area contributed by atoms with Gasteiger partial charge in [-0.25, -0.2) is 0 Å². The molecule has 1 aliphatic rings. The smallest absolute Gasteiger partial charge is 0.254 e. The van der Waals surface area contributed by atoms with Crippen molar-refractivity contribution >= 4 is 34.9 Å². The predicted molar refractivity (Wildman–Crippen MR) is 116 cm³/mol. The summed E-state index contributed by atoms with van der Waals surface area (Å²) in [4.78, 5) is 17.9. The first-order valence-corrected chi connectivity index (χ1v) is 10.3. The third-order valence-corrected chi connectivity index (χ3v) is 5.44. The Morgan fingerprint density at radius 1 is 1.08 bits per heavy atom. The van der Waals surface area contributed by atoms with Gasteiger partial charge in [-0.05, 0) is 64.3 Å². The lowest BCUT2D eigenvalue weighted by Crippen LogP contribution is -2.44. The summed E-state index contributed by atoms with van der Waals surface area (Å²) in [6.45, 7) is 10.1. The van der Waals surface area contributed by atoms with Crippen molar-refractivity contribution in [3.05, 3.63) is 35.4 Å². The van der Waals surface area contributed by atoms with Gasteiger partial charge in [0.2, 0.25) is 0 Å². The Morgan fingerprint density at radius 3 is 2.15 bits per heavy atom. The number of benzene rings is 1. The zero-order chi connectivity index (χ0) is 19.1. The number of carbonyl (C=O) groups is 1. The van der Waals surface area contributed by atoms with Gasteiger partial charge >= 0.3 is 0 Å². The molecule has 1 fully saturated rings. The Kier molecular flexibility index (Phi) is 7.83.